The number of hydrogen-bond donors (Lipinski definition) is 1. The van der Waals surface area contributed by atoms with Gasteiger partial charge in [0.1, 0.15) is 0 Å². The van der Waals surface area contributed by atoms with Gasteiger partial charge < -0.3 is 5.73 Å². The van der Waals surface area contributed by atoms with Gasteiger partial charge in [-0.25, -0.2) is 0 Å². The number of hydrogen-bond acceptors (Lipinski definition) is 2. The molecule has 2 heterocycles. The topological polar surface area (TPSA) is 68.6 Å². The highest BCUT2D eigenvalue weighted by Gasteiger charge is 2.13. The first-order valence-corrected chi connectivity index (χ1v) is 10.2. The molecule has 4 aromatic rings. The molecular weight excluding hydrogens is 382 g/mol. The summed E-state index contributed by atoms with van der Waals surface area (Å²) in [7, 11) is 0. The van der Waals surface area contributed by atoms with Gasteiger partial charge in [0.15, 0.2) is 5.84 Å². The van der Waals surface area contributed by atoms with Crippen molar-refractivity contribution in [3.63, 3.8) is 0 Å². The van der Waals surface area contributed by atoms with Crippen LogP contribution in [0.2, 0.25) is 0 Å². The summed E-state index contributed by atoms with van der Waals surface area (Å²) in [6.07, 6.45) is 3.73. The fraction of sp³-hybridized carbons (Fsp3) is 0.115. The molecule has 154 valence electrons. The van der Waals surface area contributed by atoms with Crippen LogP contribution in [0.15, 0.2) is 89.0 Å². The normalized spacial score (nSPS) is 14.2. The highest BCUT2D eigenvalue weighted by molar-refractivity contribution is 6.07. The fourth-order valence-corrected chi connectivity index (χ4v) is 3.65. The molecule has 0 aliphatic carbocycles. The number of fused-ring (bicyclic) bond motifs is 1. The minimum atomic E-state index is -0.0726. The minimum Gasteiger partial charge on any atom is -0.369 e. The van der Waals surface area contributed by atoms with Crippen LogP contribution in [0.5, 0.6) is 0 Å². The van der Waals surface area contributed by atoms with Crippen LogP contribution < -0.4 is 16.3 Å². The average molecular weight is 408 g/mol. The summed E-state index contributed by atoms with van der Waals surface area (Å²) < 4.78 is 1.89. The Balaban J connectivity index is 1.89. The van der Waals surface area contributed by atoms with Crippen LogP contribution in [0.1, 0.15) is 31.0 Å². The first-order chi connectivity index (χ1) is 15.1. The Morgan fingerprint density at radius 3 is 2.39 bits per heavy atom. The van der Waals surface area contributed by atoms with E-state index in [-0.39, 0.29) is 6.04 Å². The Kier molecular flexibility index (Phi) is 5.76. The summed E-state index contributed by atoms with van der Waals surface area (Å²) >= 11 is 0. The monoisotopic (exact) mass is 407 g/mol. The van der Waals surface area contributed by atoms with Crippen LogP contribution in [0.3, 0.4) is 0 Å². The van der Waals surface area contributed by atoms with Crippen molar-refractivity contribution in [1.82, 2.24) is 9.55 Å². The molecule has 2 aromatic heterocycles. The lowest BCUT2D eigenvalue weighted by Gasteiger charge is -2.11. The number of nitrogens with zero attached hydrogens (tertiary/aromatic N) is 4. The van der Waals surface area contributed by atoms with Crippen molar-refractivity contribution >= 4 is 35.5 Å². The largest absolute Gasteiger partial charge is 0.369 e. The molecule has 31 heavy (non-hydrogen) atoms. The van der Waals surface area contributed by atoms with Gasteiger partial charge in [-0.05, 0) is 31.5 Å². The number of aromatic nitrogens is 2. The second-order valence-corrected chi connectivity index (χ2v) is 7.23. The van der Waals surface area contributed by atoms with Gasteiger partial charge in [-0.15, -0.1) is 0 Å². The van der Waals surface area contributed by atoms with Crippen molar-refractivity contribution in [1.29, 1.82) is 0 Å². The third-order valence-corrected chi connectivity index (χ3v) is 5.22. The molecule has 0 saturated heterocycles. The minimum absolute atomic E-state index is 0.0726. The molecule has 4 rings (SSSR count). The fourth-order valence-electron chi connectivity index (χ4n) is 3.65. The van der Waals surface area contributed by atoms with Gasteiger partial charge in [-0.1, -0.05) is 73.3 Å². The van der Waals surface area contributed by atoms with Crippen molar-refractivity contribution in [2.24, 2.45) is 15.7 Å². The van der Waals surface area contributed by atoms with Gasteiger partial charge in [0.25, 0.3) is 0 Å². The number of pyridine rings is 1. The first kappa shape index (κ1) is 20.3. The Labute approximate surface area is 181 Å². The van der Waals surface area contributed by atoms with Gasteiger partial charge in [-0.3, -0.25) is 14.5 Å². The molecule has 0 aliphatic rings. The molecule has 0 bridgehead atoms. The number of benzene rings is 2. The molecule has 0 radical (unpaired) electrons. The molecule has 5 heteroatoms. The van der Waals surface area contributed by atoms with Gasteiger partial charge in [0.2, 0.25) is 5.96 Å². The Bertz CT molecular complexity index is 1370. The highest BCUT2D eigenvalue weighted by Crippen LogP contribution is 2.18. The van der Waals surface area contributed by atoms with E-state index in [4.69, 9.17) is 15.7 Å². The van der Waals surface area contributed by atoms with Crippen LogP contribution >= 0.6 is 0 Å². The summed E-state index contributed by atoms with van der Waals surface area (Å²) in [4.78, 5) is 14.2. The molecule has 0 spiro atoms. The van der Waals surface area contributed by atoms with E-state index in [9.17, 15) is 0 Å². The molecule has 0 fully saturated rings. The average Bonchev–Trinajstić information content (AvgIpc) is 3.11. The molecule has 2 aromatic carbocycles. The van der Waals surface area contributed by atoms with E-state index in [1.54, 1.807) is 6.20 Å². The smallest absolute Gasteiger partial charge is 0.207 e. The van der Waals surface area contributed by atoms with Crippen LogP contribution in [-0.4, -0.2) is 21.3 Å². The van der Waals surface area contributed by atoms with Crippen molar-refractivity contribution in [3.05, 3.63) is 101 Å². The zero-order chi connectivity index (χ0) is 21.8. The summed E-state index contributed by atoms with van der Waals surface area (Å²) in [5.74, 6) is 0.900. The van der Waals surface area contributed by atoms with E-state index in [0.29, 0.717) is 11.8 Å². The zero-order valence-corrected chi connectivity index (χ0v) is 17.7. The van der Waals surface area contributed by atoms with Gasteiger partial charge in [0.05, 0.1) is 22.4 Å². The van der Waals surface area contributed by atoms with Gasteiger partial charge in [-0.2, -0.15) is 4.99 Å². The highest BCUT2D eigenvalue weighted by atomic mass is 15.2. The lowest BCUT2D eigenvalue weighted by Crippen LogP contribution is -2.37. The number of amidine groups is 1. The number of aliphatic imine (C=N–C) groups is 2. The second kappa shape index (κ2) is 8.79. The standard InChI is InChI=1S/C26H25N5/c1-4-22-18(2)24-23(16-11-17-28-24)31(22)26(27)30-25(21-14-9-6-10-15-21)29-19(3)20-12-7-5-8-13-20/h4-17,19H,2H2,1,3H3,(H2,27,29,30). The maximum absolute atomic E-state index is 6.56. The predicted molar refractivity (Wildman–Crippen MR) is 130 cm³/mol. The van der Waals surface area contributed by atoms with Crippen molar-refractivity contribution < 1.29 is 0 Å². The Morgan fingerprint density at radius 1 is 1.03 bits per heavy atom. The van der Waals surface area contributed by atoms with E-state index >= 15 is 0 Å². The first-order valence-electron chi connectivity index (χ1n) is 10.2. The van der Waals surface area contributed by atoms with E-state index in [0.717, 1.165) is 32.7 Å². The number of nitrogens with two attached hydrogens (primary N) is 1. The molecule has 0 saturated carbocycles. The predicted octanol–water partition coefficient (Wildman–Crippen LogP) is 3.62. The Morgan fingerprint density at radius 2 is 1.71 bits per heavy atom. The molecule has 5 nitrogen and oxygen atoms in total. The lowest BCUT2D eigenvalue weighted by atomic mass is 10.1. The van der Waals surface area contributed by atoms with E-state index < -0.39 is 0 Å². The van der Waals surface area contributed by atoms with E-state index in [1.165, 1.54) is 0 Å². The summed E-state index contributed by atoms with van der Waals surface area (Å²) in [5, 5.41) is 1.70. The van der Waals surface area contributed by atoms with Crippen LogP contribution in [0.4, 0.5) is 0 Å². The zero-order valence-electron chi connectivity index (χ0n) is 17.7. The van der Waals surface area contributed by atoms with Gasteiger partial charge in [0, 0.05) is 17.0 Å². The SMILES string of the molecule is C=c1c(=CC)n(C(N)=NC(=NC(C)c2ccccc2)c2ccccc2)c2cccnc12. The maximum Gasteiger partial charge on any atom is 0.207 e. The number of rotatable bonds is 3. The Hall–Kier alpha value is -3.99. The molecular formula is C26H25N5. The lowest BCUT2D eigenvalue weighted by molar-refractivity contribution is 0.818. The van der Waals surface area contributed by atoms with Crippen LogP contribution in [-0.2, 0) is 0 Å². The van der Waals surface area contributed by atoms with Crippen molar-refractivity contribution in [3.8, 4) is 0 Å². The van der Waals surface area contributed by atoms with Crippen molar-refractivity contribution in [2.45, 2.75) is 19.9 Å². The van der Waals surface area contributed by atoms with E-state index in [2.05, 4.69) is 30.6 Å². The van der Waals surface area contributed by atoms with E-state index in [1.807, 2.05) is 78.2 Å². The molecule has 2 N–H and O–H groups in total. The molecule has 1 unspecified atom stereocenters. The van der Waals surface area contributed by atoms with Crippen molar-refractivity contribution in [2.75, 3.05) is 0 Å². The van der Waals surface area contributed by atoms with Gasteiger partial charge >= 0.3 is 0 Å². The van der Waals surface area contributed by atoms with Crippen LogP contribution in [0, 0.1) is 0 Å². The third kappa shape index (κ3) is 4.03. The maximum atomic E-state index is 6.56. The van der Waals surface area contributed by atoms with Crippen LogP contribution in [0.25, 0.3) is 23.7 Å². The summed E-state index contributed by atoms with van der Waals surface area (Å²) in [5.41, 5.74) is 10.3. The molecule has 0 amide bonds. The third-order valence-electron chi connectivity index (χ3n) is 5.22. The summed E-state index contributed by atoms with van der Waals surface area (Å²) in [6, 6.07) is 23.8. The second-order valence-electron chi connectivity index (χ2n) is 7.23. The molecule has 0 aliphatic heterocycles. The quantitative estimate of drug-likeness (QED) is 0.416. The molecule has 1 atom stereocenters. The summed E-state index contributed by atoms with van der Waals surface area (Å²) in [6.45, 7) is 8.20.